The number of aliphatic hydroxyl groups excluding tert-OH is 1. The second-order valence-corrected chi connectivity index (χ2v) is 6.93. The van der Waals surface area contributed by atoms with E-state index < -0.39 is 10.0 Å². The minimum Gasteiger partial charge on any atom is -0.393 e. The van der Waals surface area contributed by atoms with Crippen molar-refractivity contribution in [2.75, 3.05) is 0 Å². The van der Waals surface area contributed by atoms with Gasteiger partial charge in [0.2, 0.25) is 0 Å². The molecule has 0 spiro atoms. The first-order chi connectivity index (χ1) is 8.83. The molecule has 0 amide bonds. The molecule has 1 saturated carbocycles. The summed E-state index contributed by atoms with van der Waals surface area (Å²) in [4.78, 5) is 0. The van der Waals surface area contributed by atoms with Crippen LogP contribution in [-0.2, 0) is 17.1 Å². The lowest BCUT2D eigenvalue weighted by atomic mass is 9.77. The van der Waals surface area contributed by atoms with Crippen molar-refractivity contribution >= 4 is 10.0 Å². The average molecular weight is 287 g/mol. The van der Waals surface area contributed by atoms with E-state index in [0.29, 0.717) is 25.0 Å². The van der Waals surface area contributed by atoms with Gasteiger partial charge in [-0.15, -0.1) is 0 Å². The van der Waals surface area contributed by atoms with Crippen LogP contribution in [0.25, 0.3) is 0 Å². The largest absolute Gasteiger partial charge is 0.393 e. The van der Waals surface area contributed by atoms with Gasteiger partial charge in [-0.1, -0.05) is 6.92 Å². The number of nitrogens with zero attached hydrogens (tertiary/aromatic N) is 2. The Morgan fingerprint density at radius 1 is 1.58 bits per heavy atom. The van der Waals surface area contributed by atoms with Gasteiger partial charge >= 0.3 is 0 Å². The molecule has 0 saturated heterocycles. The standard InChI is InChI=1S/C12H21N3O3S/c1-4-11(9-6-10(16)7-9)14-19(17,18)12-5-8(2)13-15(12)3/h5,9-11,14,16H,4,6-7H2,1-3H3. The van der Waals surface area contributed by atoms with Gasteiger partial charge < -0.3 is 5.11 Å². The monoisotopic (exact) mass is 287 g/mol. The lowest BCUT2D eigenvalue weighted by Crippen LogP contribution is -2.46. The quantitative estimate of drug-likeness (QED) is 0.828. The molecular formula is C12H21N3O3S. The molecule has 1 fully saturated rings. The summed E-state index contributed by atoms with van der Waals surface area (Å²) in [7, 11) is -1.93. The highest BCUT2D eigenvalue weighted by Crippen LogP contribution is 2.32. The van der Waals surface area contributed by atoms with Gasteiger partial charge in [-0.2, -0.15) is 5.10 Å². The SMILES string of the molecule is CCC(NS(=O)(=O)c1cc(C)nn1C)C1CC(O)C1. The Labute approximate surface area is 113 Å². The number of aromatic nitrogens is 2. The van der Waals surface area contributed by atoms with Crippen molar-refractivity contribution in [1.29, 1.82) is 0 Å². The Morgan fingerprint density at radius 2 is 2.21 bits per heavy atom. The molecule has 6 nitrogen and oxygen atoms in total. The Balaban J connectivity index is 2.14. The molecule has 1 heterocycles. The van der Waals surface area contributed by atoms with E-state index in [1.807, 2.05) is 6.92 Å². The summed E-state index contributed by atoms with van der Waals surface area (Å²) in [5, 5.41) is 13.6. The molecule has 1 unspecified atom stereocenters. The number of rotatable bonds is 5. The van der Waals surface area contributed by atoms with E-state index in [4.69, 9.17) is 0 Å². The van der Waals surface area contributed by atoms with Crippen molar-refractivity contribution in [3.8, 4) is 0 Å². The van der Waals surface area contributed by atoms with Crippen LogP contribution >= 0.6 is 0 Å². The van der Waals surface area contributed by atoms with E-state index in [1.165, 1.54) is 4.68 Å². The number of sulfonamides is 1. The average Bonchev–Trinajstić information content (AvgIpc) is 2.62. The smallest absolute Gasteiger partial charge is 0.257 e. The fraction of sp³-hybridized carbons (Fsp3) is 0.750. The number of nitrogens with one attached hydrogen (secondary N) is 1. The highest BCUT2D eigenvalue weighted by atomic mass is 32.2. The van der Waals surface area contributed by atoms with Gasteiger partial charge in [0, 0.05) is 13.1 Å². The summed E-state index contributed by atoms with van der Waals surface area (Å²) in [6.45, 7) is 3.71. The van der Waals surface area contributed by atoms with Crippen LogP contribution in [0.4, 0.5) is 0 Å². The topological polar surface area (TPSA) is 84.2 Å². The van der Waals surface area contributed by atoms with Crippen LogP contribution in [0.1, 0.15) is 31.9 Å². The molecule has 7 heteroatoms. The summed E-state index contributed by atoms with van der Waals surface area (Å²) in [6.07, 6.45) is 1.78. The van der Waals surface area contributed by atoms with Crippen LogP contribution in [0.15, 0.2) is 11.1 Å². The molecule has 0 aliphatic heterocycles. The summed E-state index contributed by atoms with van der Waals surface area (Å²) in [6, 6.07) is 1.44. The Hall–Kier alpha value is -0.920. The first kappa shape index (κ1) is 14.5. The molecule has 2 N–H and O–H groups in total. The minimum atomic E-state index is -3.55. The van der Waals surface area contributed by atoms with Gasteiger partial charge in [-0.3, -0.25) is 4.68 Å². The summed E-state index contributed by atoms with van der Waals surface area (Å²) < 4.78 is 28.8. The molecule has 19 heavy (non-hydrogen) atoms. The van der Waals surface area contributed by atoms with Crippen LogP contribution < -0.4 is 4.72 Å². The van der Waals surface area contributed by atoms with Crippen LogP contribution in [-0.4, -0.2) is 35.5 Å². The maximum Gasteiger partial charge on any atom is 0.257 e. The molecular weight excluding hydrogens is 266 g/mol. The molecule has 0 aromatic carbocycles. The van der Waals surface area contributed by atoms with Crippen LogP contribution in [0, 0.1) is 12.8 Å². The highest BCUT2D eigenvalue weighted by Gasteiger charge is 2.35. The van der Waals surface area contributed by atoms with Crippen molar-refractivity contribution in [3.05, 3.63) is 11.8 Å². The second kappa shape index (κ2) is 5.22. The first-order valence-corrected chi connectivity index (χ1v) is 8.03. The number of aryl methyl sites for hydroxylation is 2. The fourth-order valence-electron chi connectivity index (χ4n) is 2.57. The number of hydrogen-bond acceptors (Lipinski definition) is 4. The van der Waals surface area contributed by atoms with Gasteiger partial charge in [0.1, 0.15) is 0 Å². The lowest BCUT2D eigenvalue weighted by molar-refractivity contribution is 0.0277. The fourth-order valence-corrected chi connectivity index (χ4v) is 4.16. The van der Waals surface area contributed by atoms with E-state index in [2.05, 4.69) is 9.82 Å². The maximum atomic E-state index is 12.3. The third kappa shape index (κ3) is 2.98. The van der Waals surface area contributed by atoms with Crippen molar-refractivity contribution in [2.24, 2.45) is 13.0 Å². The van der Waals surface area contributed by atoms with Crippen molar-refractivity contribution in [2.45, 2.75) is 50.3 Å². The van der Waals surface area contributed by atoms with Crippen molar-refractivity contribution in [3.63, 3.8) is 0 Å². The molecule has 1 atom stereocenters. The Bertz CT molecular complexity index is 547. The Morgan fingerprint density at radius 3 is 2.63 bits per heavy atom. The van der Waals surface area contributed by atoms with E-state index >= 15 is 0 Å². The third-order valence-electron chi connectivity index (χ3n) is 3.70. The van der Waals surface area contributed by atoms with E-state index in [1.54, 1.807) is 20.0 Å². The second-order valence-electron chi connectivity index (χ2n) is 5.27. The summed E-state index contributed by atoms with van der Waals surface area (Å²) >= 11 is 0. The van der Waals surface area contributed by atoms with Crippen LogP contribution in [0.3, 0.4) is 0 Å². The van der Waals surface area contributed by atoms with Crippen molar-refractivity contribution in [1.82, 2.24) is 14.5 Å². The molecule has 1 aliphatic rings. The zero-order chi connectivity index (χ0) is 14.2. The van der Waals surface area contributed by atoms with Gasteiger partial charge in [0.25, 0.3) is 10.0 Å². The molecule has 108 valence electrons. The third-order valence-corrected chi connectivity index (χ3v) is 5.25. The van der Waals surface area contributed by atoms with Crippen LogP contribution in [0.5, 0.6) is 0 Å². The lowest BCUT2D eigenvalue weighted by Gasteiger charge is -2.37. The summed E-state index contributed by atoms with van der Waals surface area (Å²) in [5.41, 5.74) is 0.676. The number of hydrogen-bond donors (Lipinski definition) is 2. The van der Waals surface area contributed by atoms with Gasteiger partial charge in [-0.25, -0.2) is 13.1 Å². The number of aliphatic hydroxyl groups is 1. The molecule has 1 aliphatic carbocycles. The van der Waals surface area contributed by atoms with E-state index in [9.17, 15) is 13.5 Å². The van der Waals surface area contributed by atoms with Crippen LogP contribution in [0.2, 0.25) is 0 Å². The van der Waals surface area contributed by atoms with Gasteiger partial charge in [0.05, 0.1) is 11.8 Å². The molecule has 0 radical (unpaired) electrons. The zero-order valence-corrected chi connectivity index (χ0v) is 12.3. The predicted octanol–water partition coefficient (Wildman–Crippen LogP) is 0.556. The summed E-state index contributed by atoms with van der Waals surface area (Å²) in [5.74, 6) is 0.226. The predicted molar refractivity (Wildman–Crippen MR) is 71.1 cm³/mol. The zero-order valence-electron chi connectivity index (χ0n) is 11.5. The molecule has 2 rings (SSSR count). The normalized spacial score (nSPS) is 25.1. The maximum absolute atomic E-state index is 12.3. The minimum absolute atomic E-state index is 0.122. The molecule has 1 aromatic heterocycles. The van der Waals surface area contributed by atoms with E-state index in [-0.39, 0.29) is 23.1 Å². The van der Waals surface area contributed by atoms with E-state index in [0.717, 1.165) is 0 Å². The highest BCUT2D eigenvalue weighted by molar-refractivity contribution is 7.89. The van der Waals surface area contributed by atoms with Crippen molar-refractivity contribution < 1.29 is 13.5 Å². The Kier molecular flexibility index (Phi) is 3.98. The van der Waals surface area contributed by atoms with Gasteiger partial charge in [0.15, 0.2) is 5.03 Å². The molecule has 0 bridgehead atoms. The first-order valence-electron chi connectivity index (χ1n) is 6.54. The van der Waals surface area contributed by atoms with Gasteiger partial charge in [-0.05, 0) is 38.2 Å². The molecule has 1 aromatic rings.